The van der Waals surface area contributed by atoms with Crippen LogP contribution < -0.4 is 4.90 Å². The number of carbonyl (C=O) groups is 3. The molecule has 1 unspecified atom stereocenters. The second-order valence-corrected chi connectivity index (χ2v) is 10.7. The summed E-state index contributed by atoms with van der Waals surface area (Å²) in [5.41, 5.74) is 1.39. The lowest BCUT2D eigenvalue weighted by molar-refractivity contribution is -0.155. The summed E-state index contributed by atoms with van der Waals surface area (Å²) in [6, 6.07) is 4.33. The van der Waals surface area contributed by atoms with E-state index in [0.717, 1.165) is 16.8 Å². The third-order valence-corrected chi connectivity index (χ3v) is 8.56. The summed E-state index contributed by atoms with van der Waals surface area (Å²) < 4.78 is 12.1. The molecule has 2 saturated heterocycles. The van der Waals surface area contributed by atoms with E-state index in [1.807, 2.05) is 70.2 Å². The van der Waals surface area contributed by atoms with Gasteiger partial charge in [-0.3, -0.25) is 14.4 Å². The van der Waals surface area contributed by atoms with E-state index in [2.05, 4.69) is 0 Å². The molecule has 2 amide bonds. The first-order valence-electron chi connectivity index (χ1n) is 13.3. The van der Waals surface area contributed by atoms with Crippen molar-refractivity contribution in [2.24, 2.45) is 17.8 Å². The van der Waals surface area contributed by atoms with Crippen molar-refractivity contribution in [3.8, 4) is 0 Å². The van der Waals surface area contributed by atoms with E-state index in [9.17, 15) is 19.5 Å². The lowest BCUT2D eigenvalue weighted by atomic mass is 9.77. The summed E-state index contributed by atoms with van der Waals surface area (Å²) in [5, 5.41) is 10.5. The van der Waals surface area contributed by atoms with E-state index < -0.39 is 41.6 Å². The molecule has 4 heterocycles. The highest BCUT2D eigenvalue weighted by Gasteiger charge is 2.72. The number of fused-ring (bicyclic) bond motifs is 2. The van der Waals surface area contributed by atoms with E-state index in [1.165, 1.54) is 4.90 Å². The number of hydrogen-bond donors (Lipinski definition) is 1. The number of carbonyl (C=O) groups excluding carboxylic acids is 3. The van der Waals surface area contributed by atoms with Crippen molar-refractivity contribution < 1.29 is 29.0 Å². The SMILES string of the molecule is CC[C@H](C)[C@H](CO)N1C(=O)[C@@H]2[C@@H]3C(=O)OCCC=C[C@@H]3O[C@@]23C=CCN(c2cc(C)ccc2C)C(=O)C13. The minimum atomic E-state index is -1.34. The molecule has 0 saturated carbocycles. The second-order valence-electron chi connectivity index (χ2n) is 10.7. The first kappa shape index (κ1) is 25.7. The molecular formula is C29H36N2O6. The van der Waals surface area contributed by atoms with Crippen LogP contribution in [-0.2, 0) is 23.9 Å². The van der Waals surface area contributed by atoms with Crippen molar-refractivity contribution >= 4 is 23.5 Å². The highest BCUT2D eigenvalue weighted by molar-refractivity contribution is 6.06. The number of aliphatic hydroxyl groups excluding tert-OH is 1. The maximum atomic E-state index is 14.5. The summed E-state index contributed by atoms with van der Waals surface area (Å²) in [5.74, 6) is -2.96. The molecule has 198 valence electrons. The fourth-order valence-electron chi connectivity index (χ4n) is 6.44. The van der Waals surface area contributed by atoms with E-state index >= 15 is 0 Å². The molecule has 2 fully saturated rings. The van der Waals surface area contributed by atoms with Gasteiger partial charge in [0.15, 0.2) is 0 Å². The first-order chi connectivity index (χ1) is 17.7. The summed E-state index contributed by atoms with van der Waals surface area (Å²) in [7, 11) is 0. The average molecular weight is 509 g/mol. The van der Waals surface area contributed by atoms with Crippen molar-refractivity contribution in [2.45, 2.75) is 64.3 Å². The van der Waals surface area contributed by atoms with Crippen LogP contribution in [0.3, 0.4) is 0 Å². The summed E-state index contributed by atoms with van der Waals surface area (Å²) in [6.45, 7) is 8.14. The number of anilines is 1. The first-order valence-corrected chi connectivity index (χ1v) is 13.3. The molecule has 4 aliphatic rings. The Balaban J connectivity index is 1.68. The Morgan fingerprint density at radius 3 is 2.68 bits per heavy atom. The minimum absolute atomic E-state index is 0.0704. The number of rotatable bonds is 5. The largest absolute Gasteiger partial charge is 0.465 e. The van der Waals surface area contributed by atoms with Gasteiger partial charge in [0, 0.05) is 12.2 Å². The maximum absolute atomic E-state index is 14.5. The van der Waals surface area contributed by atoms with Gasteiger partial charge < -0.3 is 24.4 Å². The normalized spacial score (nSPS) is 32.7. The lowest BCUT2D eigenvalue weighted by Crippen LogP contribution is -2.59. The van der Waals surface area contributed by atoms with E-state index in [1.54, 1.807) is 4.90 Å². The number of aryl methyl sites for hydroxylation is 2. The zero-order chi connectivity index (χ0) is 26.5. The van der Waals surface area contributed by atoms with Crippen LogP contribution >= 0.6 is 0 Å². The number of nitrogens with zero attached hydrogens (tertiary/aromatic N) is 2. The van der Waals surface area contributed by atoms with Crippen LogP contribution in [0.25, 0.3) is 0 Å². The number of hydrogen-bond acceptors (Lipinski definition) is 6. The Bertz CT molecular complexity index is 1160. The van der Waals surface area contributed by atoms with Gasteiger partial charge in [0.05, 0.1) is 31.3 Å². The predicted molar refractivity (Wildman–Crippen MR) is 138 cm³/mol. The van der Waals surface area contributed by atoms with Gasteiger partial charge in [-0.25, -0.2) is 0 Å². The molecule has 0 bridgehead atoms. The van der Waals surface area contributed by atoms with Gasteiger partial charge in [-0.2, -0.15) is 0 Å². The lowest BCUT2D eigenvalue weighted by Gasteiger charge is -2.40. The topological polar surface area (TPSA) is 96.4 Å². The molecule has 8 heteroatoms. The molecule has 1 N–H and O–H groups in total. The fraction of sp³-hybridized carbons (Fsp3) is 0.552. The van der Waals surface area contributed by atoms with Crippen LogP contribution in [0.2, 0.25) is 0 Å². The Morgan fingerprint density at radius 1 is 1.16 bits per heavy atom. The molecule has 0 radical (unpaired) electrons. The number of ether oxygens (including phenoxy) is 2. The number of cyclic esters (lactones) is 1. The van der Waals surface area contributed by atoms with Crippen LogP contribution in [0.15, 0.2) is 42.5 Å². The van der Waals surface area contributed by atoms with Crippen LogP contribution in [0.4, 0.5) is 5.69 Å². The van der Waals surface area contributed by atoms with Gasteiger partial charge in [-0.1, -0.05) is 56.7 Å². The molecule has 37 heavy (non-hydrogen) atoms. The fourth-order valence-corrected chi connectivity index (χ4v) is 6.44. The van der Waals surface area contributed by atoms with Gasteiger partial charge in [0.2, 0.25) is 5.91 Å². The number of likely N-dealkylation sites (tertiary alicyclic amines) is 1. The molecule has 8 nitrogen and oxygen atoms in total. The number of benzene rings is 1. The smallest absolute Gasteiger partial charge is 0.312 e. The van der Waals surface area contributed by atoms with Gasteiger partial charge in [0.25, 0.3) is 5.91 Å². The number of esters is 1. The number of amides is 2. The van der Waals surface area contributed by atoms with Crippen molar-refractivity contribution in [3.05, 3.63) is 53.6 Å². The highest BCUT2D eigenvalue weighted by atomic mass is 16.6. The van der Waals surface area contributed by atoms with Crippen molar-refractivity contribution in [3.63, 3.8) is 0 Å². The summed E-state index contributed by atoms with van der Waals surface area (Å²) >= 11 is 0. The third kappa shape index (κ3) is 3.92. The van der Waals surface area contributed by atoms with E-state index in [4.69, 9.17) is 9.47 Å². The molecule has 1 aromatic carbocycles. The average Bonchev–Trinajstić information content (AvgIpc) is 3.25. The monoisotopic (exact) mass is 508 g/mol. The van der Waals surface area contributed by atoms with Gasteiger partial charge in [0.1, 0.15) is 17.6 Å². The summed E-state index contributed by atoms with van der Waals surface area (Å²) in [6.07, 6.45) is 8.02. The molecule has 1 aromatic rings. The molecular weight excluding hydrogens is 472 g/mol. The molecule has 0 aliphatic carbocycles. The minimum Gasteiger partial charge on any atom is -0.465 e. The van der Waals surface area contributed by atoms with Crippen molar-refractivity contribution in [1.82, 2.24) is 4.90 Å². The predicted octanol–water partition coefficient (Wildman–Crippen LogP) is 2.70. The van der Waals surface area contributed by atoms with Crippen molar-refractivity contribution in [1.29, 1.82) is 0 Å². The van der Waals surface area contributed by atoms with Gasteiger partial charge in [-0.15, -0.1) is 0 Å². The quantitative estimate of drug-likeness (QED) is 0.485. The zero-order valence-corrected chi connectivity index (χ0v) is 21.9. The standard InChI is InChI=1S/C29H36N2O6/c1-5-18(3)21(16-32)31-25-27(34)30(20-15-17(2)10-11-19(20)4)13-8-12-29(25)24(26(31)33)23-22(37-29)9-6-7-14-36-28(23)35/h6,8-12,15,18,21-25,32H,5,7,13-14,16H2,1-4H3/t18-,21-,22-,23+,24-,25?,29-/m0/s1. The van der Waals surface area contributed by atoms with E-state index in [0.29, 0.717) is 19.4 Å². The van der Waals surface area contributed by atoms with Crippen LogP contribution in [0, 0.1) is 31.6 Å². The molecule has 4 aliphatic heterocycles. The Hall–Kier alpha value is -2.97. The van der Waals surface area contributed by atoms with Crippen molar-refractivity contribution in [2.75, 3.05) is 24.7 Å². The summed E-state index contributed by atoms with van der Waals surface area (Å²) in [4.78, 5) is 45.3. The molecule has 5 rings (SSSR count). The molecule has 0 aromatic heterocycles. The maximum Gasteiger partial charge on any atom is 0.312 e. The molecule has 1 spiro atoms. The zero-order valence-electron chi connectivity index (χ0n) is 21.9. The van der Waals surface area contributed by atoms with Crippen LogP contribution in [0.5, 0.6) is 0 Å². The second kappa shape index (κ2) is 9.72. The third-order valence-electron chi connectivity index (χ3n) is 8.56. The molecule has 7 atom stereocenters. The number of aliphatic hydroxyl groups is 1. The van der Waals surface area contributed by atoms with Gasteiger partial charge in [-0.05, 0) is 43.4 Å². The van der Waals surface area contributed by atoms with Gasteiger partial charge >= 0.3 is 5.97 Å². The Morgan fingerprint density at radius 2 is 1.95 bits per heavy atom. The van der Waals surface area contributed by atoms with Crippen LogP contribution in [0.1, 0.15) is 37.8 Å². The van der Waals surface area contributed by atoms with Crippen LogP contribution in [-0.4, -0.2) is 71.3 Å². The van der Waals surface area contributed by atoms with E-state index in [-0.39, 0.29) is 30.9 Å². The Labute approximate surface area is 217 Å². The Kier molecular flexibility index (Phi) is 6.75. The highest BCUT2D eigenvalue weighted by Crippen LogP contribution is 2.54.